The summed E-state index contributed by atoms with van der Waals surface area (Å²) in [5, 5.41) is 0. The molecule has 0 aliphatic carbocycles. The van der Waals surface area contributed by atoms with Crippen LogP contribution in [0, 0.1) is 0 Å². The third kappa shape index (κ3) is 7.15. The maximum Gasteiger partial charge on any atom is 0.411 e. The van der Waals surface area contributed by atoms with Gasteiger partial charge in [0.1, 0.15) is 27.7 Å². The number of nitrogens with one attached hydrogen (secondary N) is 2. The van der Waals surface area contributed by atoms with Crippen LogP contribution in [0.1, 0.15) is 84.9 Å². The zero-order chi connectivity index (χ0) is 36.8. The van der Waals surface area contributed by atoms with Gasteiger partial charge >= 0.3 is 12.2 Å². The molecule has 5 aromatic rings. The molecular formula is C41H48N6O4S. The van der Waals surface area contributed by atoms with Crippen molar-refractivity contribution in [2.45, 2.75) is 89.3 Å². The molecule has 52 heavy (non-hydrogen) atoms. The second-order valence-electron chi connectivity index (χ2n) is 15.7. The topological polar surface area (TPSA) is 116 Å². The number of imidazole rings is 2. The average molecular weight is 721 g/mol. The van der Waals surface area contributed by atoms with Gasteiger partial charge in [0.05, 0.1) is 29.0 Å². The molecule has 0 spiro atoms. The number of hydrogen-bond donors (Lipinski definition) is 2. The van der Waals surface area contributed by atoms with Crippen molar-refractivity contribution >= 4 is 35.0 Å². The summed E-state index contributed by atoms with van der Waals surface area (Å²) in [6, 6.07) is 23.2. The molecule has 2 unspecified atom stereocenters. The van der Waals surface area contributed by atoms with Crippen molar-refractivity contribution in [3.63, 3.8) is 0 Å². The molecule has 2 saturated heterocycles. The van der Waals surface area contributed by atoms with E-state index < -0.39 is 16.1 Å². The number of amides is 2. The van der Waals surface area contributed by atoms with Crippen LogP contribution in [0.5, 0.6) is 0 Å². The summed E-state index contributed by atoms with van der Waals surface area (Å²) in [7, 11) is 0. The summed E-state index contributed by atoms with van der Waals surface area (Å²) >= 11 is 1.62. The van der Waals surface area contributed by atoms with Gasteiger partial charge < -0.3 is 19.4 Å². The fourth-order valence-electron chi connectivity index (χ4n) is 7.22. The molecule has 4 heterocycles. The highest BCUT2D eigenvalue weighted by Gasteiger charge is 2.48. The SMILES string of the molecule is CSC1(c2ncc(-c3ccc(-c4ccc(-c5ccc6nc(C7CCCN7C(=O)OC(C)(C)C)[nH]c6c5)cc4)cc3)[nH]2)CCCN1C(=O)OC(C)(C)C. The van der Waals surface area contributed by atoms with Crippen molar-refractivity contribution in [2.75, 3.05) is 19.3 Å². The Bertz CT molecular complexity index is 2080. The first-order valence-electron chi connectivity index (χ1n) is 18.0. The van der Waals surface area contributed by atoms with Crippen molar-refractivity contribution in [2.24, 2.45) is 0 Å². The summed E-state index contributed by atoms with van der Waals surface area (Å²) in [5.74, 6) is 1.56. The lowest BCUT2D eigenvalue weighted by Crippen LogP contribution is -2.45. The zero-order valence-corrected chi connectivity index (χ0v) is 31.9. The molecule has 11 heteroatoms. The second-order valence-corrected chi connectivity index (χ2v) is 16.8. The molecule has 2 atom stereocenters. The molecule has 2 aliphatic heterocycles. The average Bonchev–Trinajstić information content (AvgIpc) is 3.92. The standard InChI is InChI=1S/C41H48N6O4S/c1-39(2,3)50-37(48)46-22-8-10-34(46)35-43-31-20-19-30(24-32(31)44-35)28-13-11-26(12-14-28)27-15-17-29(18-16-27)33-25-42-36(45-33)41(52-7)21-9-23-47(41)38(49)51-40(4,5)6/h11-20,24-25,34H,8-10,21-23H2,1-7H3,(H,42,45)(H,43,44). The van der Waals surface area contributed by atoms with Crippen LogP contribution in [0.15, 0.2) is 72.9 Å². The van der Waals surface area contributed by atoms with Crippen LogP contribution in [0.3, 0.4) is 0 Å². The van der Waals surface area contributed by atoms with Crippen LogP contribution >= 0.6 is 11.8 Å². The summed E-state index contributed by atoms with van der Waals surface area (Å²) in [6.07, 6.45) is 6.74. The number of carbonyl (C=O) groups is 2. The van der Waals surface area contributed by atoms with E-state index in [0.29, 0.717) is 13.1 Å². The van der Waals surface area contributed by atoms with Gasteiger partial charge in [0.15, 0.2) is 0 Å². The minimum absolute atomic E-state index is 0.125. The Kier molecular flexibility index (Phi) is 9.35. The first-order valence-corrected chi connectivity index (χ1v) is 19.3. The number of benzene rings is 3. The van der Waals surface area contributed by atoms with Crippen molar-refractivity contribution in [1.29, 1.82) is 0 Å². The van der Waals surface area contributed by atoms with E-state index >= 15 is 0 Å². The fraction of sp³-hybridized carbons (Fsp3) is 0.415. The van der Waals surface area contributed by atoms with Gasteiger partial charge in [-0.15, -0.1) is 11.8 Å². The van der Waals surface area contributed by atoms with E-state index in [1.165, 1.54) is 0 Å². The number of likely N-dealkylation sites (tertiary alicyclic amines) is 2. The highest BCUT2D eigenvalue weighted by atomic mass is 32.2. The second kappa shape index (κ2) is 13.7. The van der Waals surface area contributed by atoms with E-state index in [1.54, 1.807) is 16.7 Å². The Morgan fingerprint density at radius 2 is 1.38 bits per heavy atom. The largest absolute Gasteiger partial charge is 0.444 e. The molecule has 7 rings (SSSR count). The summed E-state index contributed by atoms with van der Waals surface area (Å²) < 4.78 is 11.4. The molecule has 2 aliphatic rings. The molecule has 2 amide bonds. The monoisotopic (exact) mass is 720 g/mol. The molecule has 0 radical (unpaired) electrons. The van der Waals surface area contributed by atoms with Crippen molar-refractivity contribution in [3.8, 4) is 33.5 Å². The summed E-state index contributed by atoms with van der Waals surface area (Å²) in [6.45, 7) is 12.6. The molecule has 2 fully saturated rings. The molecule has 0 saturated carbocycles. The number of rotatable bonds is 6. The van der Waals surface area contributed by atoms with E-state index in [0.717, 1.165) is 81.9 Å². The smallest absolute Gasteiger partial charge is 0.411 e. The number of aromatic nitrogens is 4. The van der Waals surface area contributed by atoms with Crippen LogP contribution in [0.25, 0.3) is 44.5 Å². The molecule has 2 N–H and O–H groups in total. The lowest BCUT2D eigenvalue weighted by molar-refractivity contribution is 0.0181. The van der Waals surface area contributed by atoms with E-state index in [-0.39, 0.29) is 18.2 Å². The third-order valence-electron chi connectivity index (χ3n) is 9.67. The van der Waals surface area contributed by atoms with E-state index in [1.807, 2.05) is 65.0 Å². The maximum absolute atomic E-state index is 13.1. The number of hydrogen-bond acceptors (Lipinski definition) is 7. The predicted molar refractivity (Wildman–Crippen MR) is 207 cm³/mol. The Labute approximate surface area is 309 Å². The quantitative estimate of drug-likeness (QED) is 0.179. The molecule has 3 aromatic carbocycles. The maximum atomic E-state index is 13.1. The summed E-state index contributed by atoms with van der Waals surface area (Å²) in [5.41, 5.74) is 7.07. The number of thioether (sulfide) groups is 1. The van der Waals surface area contributed by atoms with Gasteiger partial charge in [-0.25, -0.2) is 19.6 Å². The zero-order valence-electron chi connectivity index (χ0n) is 31.1. The summed E-state index contributed by atoms with van der Waals surface area (Å²) in [4.78, 5) is 45.7. The van der Waals surface area contributed by atoms with Gasteiger partial charge in [0.2, 0.25) is 0 Å². The van der Waals surface area contributed by atoms with Gasteiger partial charge in [0.25, 0.3) is 0 Å². The van der Waals surface area contributed by atoms with Gasteiger partial charge in [-0.1, -0.05) is 54.6 Å². The van der Waals surface area contributed by atoms with Gasteiger partial charge in [-0.05, 0) is 113 Å². The number of ether oxygens (including phenoxy) is 2. The van der Waals surface area contributed by atoms with Crippen LogP contribution < -0.4 is 0 Å². The number of fused-ring (bicyclic) bond motifs is 1. The van der Waals surface area contributed by atoms with Crippen molar-refractivity contribution in [3.05, 3.63) is 84.6 Å². The van der Waals surface area contributed by atoms with Gasteiger partial charge in [0, 0.05) is 13.1 Å². The van der Waals surface area contributed by atoms with Crippen LogP contribution in [0.4, 0.5) is 9.59 Å². The minimum Gasteiger partial charge on any atom is -0.444 e. The first kappa shape index (κ1) is 35.6. The predicted octanol–water partition coefficient (Wildman–Crippen LogP) is 9.91. The van der Waals surface area contributed by atoms with Crippen molar-refractivity contribution < 1.29 is 19.1 Å². The normalized spacial score (nSPS) is 19.4. The highest BCUT2D eigenvalue weighted by molar-refractivity contribution is 7.99. The van der Waals surface area contributed by atoms with Gasteiger partial charge in [-0.2, -0.15) is 0 Å². The number of H-pyrrole nitrogens is 2. The Morgan fingerprint density at radius 1 is 0.788 bits per heavy atom. The number of nitrogens with zero attached hydrogens (tertiary/aromatic N) is 4. The van der Waals surface area contributed by atoms with Gasteiger partial charge in [-0.3, -0.25) is 9.80 Å². The minimum atomic E-state index is -0.592. The molecular weight excluding hydrogens is 673 g/mol. The lowest BCUT2D eigenvalue weighted by atomic mass is 9.99. The van der Waals surface area contributed by atoms with E-state index in [4.69, 9.17) is 19.4 Å². The van der Waals surface area contributed by atoms with E-state index in [2.05, 4.69) is 70.6 Å². The Morgan fingerprint density at radius 3 is 2.02 bits per heavy atom. The number of aromatic amines is 2. The van der Waals surface area contributed by atoms with Crippen LogP contribution in [0.2, 0.25) is 0 Å². The molecule has 10 nitrogen and oxygen atoms in total. The van der Waals surface area contributed by atoms with Crippen molar-refractivity contribution in [1.82, 2.24) is 29.7 Å². The Balaban J connectivity index is 1.05. The molecule has 272 valence electrons. The highest BCUT2D eigenvalue weighted by Crippen LogP contribution is 2.46. The third-order valence-corrected chi connectivity index (χ3v) is 11.0. The Hall–Kier alpha value is -4.77. The first-order chi connectivity index (χ1) is 24.7. The molecule has 0 bridgehead atoms. The lowest BCUT2D eigenvalue weighted by Gasteiger charge is -2.36. The number of carbonyl (C=O) groups excluding carboxylic acids is 2. The van der Waals surface area contributed by atoms with Crippen LogP contribution in [-0.4, -0.2) is 72.5 Å². The fourth-order valence-corrected chi connectivity index (χ4v) is 8.26. The van der Waals surface area contributed by atoms with Crippen LogP contribution in [-0.2, 0) is 14.3 Å². The van der Waals surface area contributed by atoms with E-state index in [9.17, 15) is 9.59 Å². The molecule has 2 aromatic heterocycles.